The van der Waals surface area contributed by atoms with Crippen molar-refractivity contribution in [3.05, 3.63) is 0 Å². The molecular formula is C10H20ClNO2. The summed E-state index contributed by atoms with van der Waals surface area (Å²) in [5.41, 5.74) is -0.373. The van der Waals surface area contributed by atoms with E-state index >= 15 is 0 Å². The Morgan fingerprint density at radius 1 is 1.36 bits per heavy atom. The van der Waals surface area contributed by atoms with Crippen LogP contribution in [0.1, 0.15) is 39.0 Å². The lowest BCUT2D eigenvalue weighted by Crippen LogP contribution is -2.53. The van der Waals surface area contributed by atoms with E-state index in [1.165, 1.54) is 13.5 Å². The van der Waals surface area contributed by atoms with Crippen LogP contribution in [0, 0.1) is 0 Å². The molecule has 0 bridgehead atoms. The van der Waals surface area contributed by atoms with Gasteiger partial charge in [-0.1, -0.05) is 26.2 Å². The number of rotatable bonds is 3. The van der Waals surface area contributed by atoms with Crippen LogP contribution in [0.4, 0.5) is 0 Å². The number of halogens is 1. The molecule has 1 rings (SSSR count). The van der Waals surface area contributed by atoms with Crippen molar-refractivity contribution >= 4 is 18.4 Å². The van der Waals surface area contributed by atoms with Crippen molar-refractivity contribution in [2.45, 2.75) is 44.6 Å². The summed E-state index contributed by atoms with van der Waals surface area (Å²) >= 11 is 0. The van der Waals surface area contributed by atoms with Crippen molar-refractivity contribution < 1.29 is 9.53 Å². The number of hydrogen-bond donors (Lipinski definition) is 1. The van der Waals surface area contributed by atoms with Gasteiger partial charge in [0.2, 0.25) is 0 Å². The summed E-state index contributed by atoms with van der Waals surface area (Å²) in [5, 5.41) is 3.27. The number of carbonyl (C=O) groups excluding carboxylic acids is 1. The van der Waals surface area contributed by atoms with Crippen LogP contribution in [0.3, 0.4) is 0 Å². The average molecular weight is 222 g/mol. The van der Waals surface area contributed by atoms with Gasteiger partial charge in [-0.2, -0.15) is 0 Å². The molecule has 0 amide bonds. The van der Waals surface area contributed by atoms with Gasteiger partial charge in [-0.05, 0) is 19.4 Å². The molecule has 14 heavy (non-hydrogen) atoms. The maximum Gasteiger partial charge on any atom is 0.326 e. The predicted molar refractivity (Wildman–Crippen MR) is 58.8 cm³/mol. The Kier molecular flexibility index (Phi) is 6.12. The Labute approximate surface area is 92.0 Å². The van der Waals surface area contributed by atoms with Crippen molar-refractivity contribution in [2.75, 3.05) is 13.7 Å². The van der Waals surface area contributed by atoms with Crippen LogP contribution in [0.2, 0.25) is 0 Å². The first kappa shape index (κ1) is 13.7. The molecule has 1 N–H and O–H groups in total. The molecule has 84 valence electrons. The van der Waals surface area contributed by atoms with Gasteiger partial charge in [0, 0.05) is 0 Å². The number of hydrogen-bond acceptors (Lipinski definition) is 3. The first-order chi connectivity index (χ1) is 6.25. The summed E-state index contributed by atoms with van der Waals surface area (Å²) in [6.45, 7) is 2.86. The van der Waals surface area contributed by atoms with Gasteiger partial charge >= 0.3 is 5.97 Å². The lowest BCUT2D eigenvalue weighted by molar-refractivity contribution is -0.150. The molecule has 1 aliphatic rings. The molecule has 0 aliphatic heterocycles. The topological polar surface area (TPSA) is 38.3 Å². The number of esters is 1. The Morgan fingerprint density at radius 2 is 1.93 bits per heavy atom. The van der Waals surface area contributed by atoms with E-state index in [0.717, 1.165) is 32.2 Å². The minimum atomic E-state index is -0.373. The molecule has 0 atom stereocenters. The molecule has 1 fully saturated rings. The minimum absolute atomic E-state index is 0. The molecule has 0 radical (unpaired) electrons. The molecule has 3 nitrogen and oxygen atoms in total. The summed E-state index contributed by atoms with van der Waals surface area (Å²) < 4.78 is 4.84. The van der Waals surface area contributed by atoms with E-state index in [9.17, 15) is 4.79 Å². The Hall–Kier alpha value is -0.280. The highest BCUT2D eigenvalue weighted by Gasteiger charge is 2.39. The van der Waals surface area contributed by atoms with E-state index in [0.29, 0.717) is 0 Å². The molecular weight excluding hydrogens is 202 g/mol. The van der Waals surface area contributed by atoms with Crippen molar-refractivity contribution in [3.63, 3.8) is 0 Å². The molecule has 1 saturated carbocycles. The Morgan fingerprint density at radius 3 is 2.36 bits per heavy atom. The molecule has 0 heterocycles. The number of carbonyl (C=O) groups is 1. The lowest BCUT2D eigenvalue weighted by Gasteiger charge is -2.35. The number of methoxy groups -OCH3 is 1. The van der Waals surface area contributed by atoms with Gasteiger partial charge in [0.05, 0.1) is 7.11 Å². The molecule has 0 unspecified atom stereocenters. The van der Waals surface area contributed by atoms with Gasteiger partial charge in [0.25, 0.3) is 0 Å². The van der Waals surface area contributed by atoms with Gasteiger partial charge in [0.15, 0.2) is 0 Å². The second-order valence-electron chi connectivity index (χ2n) is 3.66. The highest BCUT2D eigenvalue weighted by Crippen LogP contribution is 2.29. The zero-order valence-corrected chi connectivity index (χ0v) is 9.78. The number of nitrogens with one attached hydrogen (secondary N) is 1. The first-order valence-electron chi connectivity index (χ1n) is 5.08. The monoisotopic (exact) mass is 221 g/mol. The molecule has 0 saturated heterocycles. The summed E-state index contributed by atoms with van der Waals surface area (Å²) in [4.78, 5) is 11.6. The van der Waals surface area contributed by atoms with E-state index in [-0.39, 0.29) is 23.9 Å². The highest BCUT2D eigenvalue weighted by molar-refractivity contribution is 5.85. The SMILES string of the molecule is CCNC1(C(=O)OC)CCCCC1.Cl. The third-order valence-corrected chi connectivity index (χ3v) is 2.80. The molecule has 0 aromatic rings. The summed E-state index contributed by atoms with van der Waals surface area (Å²) in [6, 6.07) is 0. The normalized spacial score (nSPS) is 19.6. The van der Waals surface area contributed by atoms with Crippen LogP contribution in [-0.2, 0) is 9.53 Å². The van der Waals surface area contributed by atoms with Crippen LogP contribution in [0.5, 0.6) is 0 Å². The van der Waals surface area contributed by atoms with Crippen molar-refractivity contribution in [1.29, 1.82) is 0 Å². The fraction of sp³-hybridized carbons (Fsp3) is 0.900. The summed E-state index contributed by atoms with van der Waals surface area (Å²) in [5.74, 6) is -0.0888. The zero-order chi connectivity index (χ0) is 9.73. The first-order valence-corrected chi connectivity index (χ1v) is 5.08. The van der Waals surface area contributed by atoms with Crippen molar-refractivity contribution in [3.8, 4) is 0 Å². The quantitative estimate of drug-likeness (QED) is 0.740. The standard InChI is InChI=1S/C10H19NO2.ClH/c1-3-11-10(9(12)13-2)7-5-4-6-8-10;/h11H,3-8H2,1-2H3;1H. The number of likely N-dealkylation sites (N-methyl/N-ethyl adjacent to an activating group) is 1. The van der Waals surface area contributed by atoms with E-state index in [2.05, 4.69) is 5.32 Å². The van der Waals surface area contributed by atoms with Crippen LogP contribution in [0.15, 0.2) is 0 Å². The van der Waals surface area contributed by atoms with Gasteiger partial charge in [-0.3, -0.25) is 4.79 Å². The van der Waals surface area contributed by atoms with E-state index in [1.807, 2.05) is 6.92 Å². The smallest absolute Gasteiger partial charge is 0.326 e. The van der Waals surface area contributed by atoms with Gasteiger partial charge in [0.1, 0.15) is 5.54 Å². The Bertz CT molecular complexity index is 173. The van der Waals surface area contributed by atoms with Gasteiger partial charge in [-0.25, -0.2) is 0 Å². The largest absolute Gasteiger partial charge is 0.468 e. The number of ether oxygens (including phenoxy) is 1. The maximum atomic E-state index is 11.6. The molecule has 0 aromatic heterocycles. The van der Waals surface area contributed by atoms with E-state index in [1.54, 1.807) is 0 Å². The highest BCUT2D eigenvalue weighted by atomic mass is 35.5. The Balaban J connectivity index is 0.00000169. The average Bonchev–Trinajstić information content (AvgIpc) is 2.18. The molecule has 0 spiro atoms. The van der Waals surface area contributed by atoms with Crippen LogP contribution < -0.4 is 5.32 Å². The van der Waals surface area contributed by atoms with Crippen molar-refractivity contribution in [2.24, 2.45) is 0 Å². The second kappa shape index (κ2) is 6.25. The van der Waals surface area contributed by atoms with Gasteiger partial charge in [-0.15, -0.1) is 12.4 Å². The zero-order valence-electron chi connectivity index (χ0n) is 8.97. The second-order valence-corrected chi connectivity index (χ2v) is 3.66. The molecule has 0 aromatic carbocycles. The third kappa shape index (κ3) is 2.85. The third-order valence-electron chi connectivity index (χ3n) is 2.80. The van der Waals surface area contributed by atoms with Crippen molar-refractivity contribution in [1.82, 2.24) is 5.32 Å². The predicted octanol–water partition coefficient (Wildman–Crippen LogP) is 1.89. The maximum absolute atomic E-state index is 11.6. The molecule has 4 heteroatoms. The molecule has 1 aliphatic carbocycles. The fourth-order valence-corrected chi connectivity index (χ4v) is 2.14. The fourth-order valence-electron chi connectivity index (χ4n) is 2.14. The van der Waals surface area contributed by atoms with Crippen LogP contribution in [0.25, 0.3) is 0 Å². The summed E-state index contributed by atoms with van der Waals surface area (Å²) in [7, 11) is 1.47. The summed E-state index contributed by atoms with van der Waals surface area (Å²) in [6.07, 6.45) is 5.34. The lowest BCUT2D eigenvalue weighted by atomic mass is 9.81. The van der Waals surface area contributed by atoms with E-state index < -0.39 is 0 Å². The van der Waals surface area contributed by atoms with Gasteiger partial charge < -0.3 is 10.1 Å². The van der Waals surface area contributed by atoms with Crippen LogP contribution in [-0.4, -0.2) is 25.2 Å². The minimum Gasteiger partial charge on any atom is -0.468 e. The van der Waals surface area contributed by atoms with E-state index in [4.69, 9.17) is 4.74 Å². The van der Waals surface area contributed by atoms with Crippen LogP contribution >= 0.6 is 12.4 Å².